The van der Waals surface area contributed by atoms with Gasteiger partial charge in [0.05, 0.1) is 35.1 Å². The highest BCUT2D eigenvalue weighted by atomic mass is 32.2. The van der Waals surface area contributed by atoms with Crippen molar-refractivity contribution in [3.8, 4) is 11.4 Å². The van der Waals surface area contributed by atoms with Gasteiger partial charge in [-0.3, -0.25) is 14.6 Å². The van der Waals surface area contributed by atoms with Gasteiger partial charge in [-0.2, -0.15) is 5.10 Å². The molecule has 0 radical (unpaired) electrons. The van der Waals surface area contributed by atoms with Crippen LogP contribution in [-0.4, -0.2) is 44.7 Å². The molecule has 1 N–H and O–H groups in total. The van der Waals surface area contributed by atoms with Crippen LogP contribution < -0.4 is 5.32 Å². The minimum absolute atomic E-state index is 0.0643. The van der Waals surface area contributed by atoms with Crippen LogP contribution in [0.25, 0.3) is 22.4 Å². The summed E-state index contributed by atoms with van der Waals surface area (Å²) in [6.45, 7) is 3.70. The van der Waals surface area contributed by atoms with Gasteiger partial charge in [-0.05, 0) is 50.1 Å². The zero-order chi connectivity index (χ0) is 22.5. The molecule has 1 aliphatic heterocycles. The van der Waals surface area contributed by atoms with E-state index < -0.39 is 15.7 Å². The first-order valence-electron chi connectivity index (χ1n) is 10.2. The maximum absolute atomic E-state index is 14.4. The van der Waals surface area contributed by atoms with Gasteiger partial charge in [0.25, 0.3) is 0 Å². The molecule has 1 unspecified atom stereocenters. The van der Waals surface area contributed by atoms with Crippen molar-refractivity contribution in [1.29, 1.82) is 0 Å². The molecular formula is C22H21FN6O2S. The Morgan fingerprint density at radius 1 is 1.12 bits per heavy atom. The van der Waals surface area contributed by atoms with Crippen molar-refractivity contribution in [3.63, 3.8) is 0 Å². The molecule has 1 saturated heterocycles. The molecule has 5 rings (SSSR count). The second-order valence-electron chi connectivity index (χ2n) is 8.03. The molecular weight excluding hydrogens is 431 g/mol. The Balaban J connectivity index is 1.57. The van der Waals surface area contributed by atoms with Gasteiger partial charge in [0, 0.05) is 23.8 Å². The van der Waals surface area contributed by atoms with Gasteiger partial charge in [-0.15, -0.1) is 0 Å². The SMILES string of the molecule is Cc1ccc(F)c(-c2cc(Nc3ccnc4cnn(C5CCS(=O)(=O)C5)c34)c(C)cn2)n1. The van der Waals surface area contributed by atoms with Gasteiger partial charge in [-0.1, -0.05) is 0 Å². The first kappa shape index (κ1) is 20.5. The number of fused-ring (bicyclic) bond motifs is 1. The molecule has 1 atom stereocenters. The van der Waals surface area contributed by atoms with Crippen LogP contribution >= 0.6 is 0 Å². The van der Waals surface area contributed by atoms with E-state index in [-0.39, 0.29) is 23.2 Å². The van der Waals surface area contributed by atoms with Crippen molar-refractivity contribution in [3.05, 3.63) is 59.9 Å². The van der Waals surface area contributed by atoms with Crippen molar-refractivity contribution < 1.29 is 12.8 Å². The van der Waals surface area contributed by atoms with E-state index in [0.29, 0.717) is 23.3 Å². The van der Waals surface area contributed by atoms with Crippen LogP contribution in [0, 0.1) is 19.7 Å². The van der Waals surface area contributed by atoms with Gasteiger partial charge in [-0.25, -0.2) is 17.8 Å². The molecule has 1 aliphatic rings. The summed E-state index contributed by atoms with van der Waals surface area (Å²) in [6.07, 6.45) is 5.49. The van der Waals surface area contributed by atoms with Crippen molar-refractivity contribution in [1.82, 2.24) is 24.7 Å². The second kappa shape index (κ2) is 7.63. The molecule has 0 saturated carbocycles. The third kappa shape index (κ3) is 3.70. The Bertz CT molecular complexity index is 1450. The van der Waals surface area contributed by atoms with Crippen LogP contribution in [0.4, 0.5) is 15.8 Å². The predicted octanol–water partition coefficient (Wildman–Crippen LogP) is 3.75. The molecule has 32 heavy (non-hydrogen) atoms. The van der Waals surface area contributed by atoms with E-state index in [2.05, 4.69) is 25.4 Å². The fourth-order valence-electron chi connectivity index (χ4n) is 3.98. The number of halogens is 1. The molecule has 5 heterocycles. The Hall–Kier alpha value is -3.40. The summed E-state index contributed by atoms with van der Waals surface area (Å²) in [5.41, 5.74) is 5.02. The molecule has 4 aromatic rings. The van der Waals surface area contributed by atoms with E-state index in [0.717, 1.165) is 22.5 Å². The quantitative estimate of drug-likeness (QED) is 0.503. The fourth-order valence-corrected chi connectivity index (χ4v) is 5.67. The van der Waals surface area contributed by atoms with Crippen molar-refractivity contribution in [2.24, 2.45) is 0 Å². The lowest BCUT2D eigenvalue weighted by atomic mass is 10.1. The number of anilines is 2. The van der Waals surface area contributed by atoms with Gasteiger partial charge in [0.1, 0.15) is 16.7 Å². The first-order valence-corrected chi connectivity index (χ1v) is 12.0. The smallest absolute Gasteiger partial charge is 0.152 e. The molecule has 0 bridgehead atoms. The van der Waals surface area contributed by atoms with Gasteiger partial charge >= 0.3 is 0 Å². The summed E-state index contributed by atoms with van der Waals surface area (Å²) in [5, 5.41) is 7.82. The van der Waals surface area contributed by atoms with Crippen LogP contribution in [0.3, 0.4) is 0 Å². The van der Waals surface area contributed by atoms with Gasteiger partial charge in [0.2, 0.25) is 0 Å². The minimum atomic E-state index is -3.06. The molecule has 0 spiro atoms. The fraction of sp³-hybridized carbons (Fsp3) is 0.273. The topological polar surface area (TPSA) is 103 Å². The second-order valence-corrected chi connectivity index (χ2v) is 10.3. The van der Waals surface area contributed by atoms with E-state index in [1.165, 1.54) is 6.07 Å². The van der Waals surface area contributed by atoms with Crippen LogP contribution in [0.2, 0.25) is 0 Å². The Morgan fingerprint density at radius 2 is 1.97 bits per heavy atom. The molecule has 0 amide bonds. The van der Waals surface area contributed by atoms with Crippen LogP contribution in [0.5, 0.6) is 0 Å². The number of nitrogens with zero attached hydrogens (tertiary/aromatic N) is 5. The maximum atomic E-state index is 14.4. The van der Waals surface area contributed by atoms with E-state index >= 15 is 0 Å². The standard InChI is InChI=1S/C22H21FN6O2S/c1-13-10-25-19(21-16(23)4-3-14(2)27-21)9-18(13)28-17-5-7-24-20-11-26-29(22(17)20)15-6-8-32(30,31)12-15/h3-5,7,9-11,15H,6,8,12H2,1-2H3,(H,24,25,28). The van der Waals surface area contributed by atoms with Crippen LogP contribution in [0.15, 0.2) is 42.9 Å². The third-order valence-corrected chi connectivity index (χ3v) is 7.39. The Kier molecular flexibility index (Phi) is 4.89. The predicted molar refractivity (Wildman–Crippen MR) is 120 cm³/mol. The third-order valence-electron chi connectivity index (χ3n) is 5.64. The molecule has 1 fully saturated rings. The molecule has 0 aromatic carbocycles. The first-order chi connectivity index (χ1) is 15.3. The Morgan fingerprint density at radius 3 is 2.75 bits per heavy atom. The molecule has 4 aromatic heterocycles. The summed E-state index contributed by atoms with van der Waals surface area (Å²) >= 11 is 0. The van der Waals surface area contributed by atoms with Crippen molar-refractivity contribution >= 4 is 32.2 Å². The molecule has 164 valence electrons. The van der Waals surface area contributed by atoms with Crippen molar-refractivity contribution in [2.45, 2.75) is 26.3 Å². The lowest BCUT2D eigenvalue weighted by molar-refractivity contribution is 0.516. The zero-order valence-corrected chi connectivity index (χ0v) is 18.4. The number of sulfone groups is 1. The molecule has 10 heteroatoms. The minimum Gasteiger partial charge on any atom is -0.353 e. The number of rotatable bonds is 4. The number of hydrogen-bond donors (Lipinski definition) is 1. The summed E-state index contributed by atoms with van der Waals surface area (Å²) in [5.74, 6) is -0.219. The van der Waals surface area contributed by atoms with E-state index in [1.807, 2.05) is 13.0 Å². The zero-order valence-electron chi connectivity index (χ0n) is 17.6. The maximum Gasteiger partial charge on any atom is 0.152 e. The number of aryl methyl sites for hydroxylation is 2. The van der Waals surface area contributed by atoms with E-state index in [1.54, 1.807) is 42.3 Å². The van der Waals surface area contributed by atoms with E-state index in [9.17, 15) is 12.8 Å². The van der Waals surface area contributed by atoms with Crippen molar-refractivity contribution in [2.75, 3.05) is 16.8 Å². The number of aromatic nitrogens is 5. The largest absolute Gasteiger partial charge is 0.353 e. The molecule has 8 nitrogen and oxygen atoms in total. The number of hydrogen-bond acceptors (Lipinski definition) is 7. The lowest BCUT2D eigenvalue weighted by Crippen LogP contribution is -2.13. The van der Waals surface area contributed by atoms with Crippen LogP contribution in [-0.2, 0) is 9.84 Å². The number of pyridine rings is 3. The summed E-state index contributed by atoms with van der Waals surface area (Å²) in [6, 6.07) is 6.33. The monoisotopic (exact) mass is 452 g/mol. The summed E-state index contributed by atoms with van der Waals surface area (Å²) in [4.78, 5) is 13.0. The summed E-state index contributed by atoms with van der Waals surface area (Å²) in [7, 11) is -3.06. The van der Waals surface area contributed by atoms with E-state index in [4.69, 9.17) is 0 Å². The van der Waals surface area contributed by atoms with Crippen LogP contribution in [0.1, 0.15) is 23.7 Å². The Labute approximate surface area is 184 Å². The number of nitrogens with one attached hydrogen (secondary N) is 1. The molecule has 0 aliphatic carbocycles. The average molecular weight is 453 g/mol. The average Bonchev–Trinajstić information content (AvgIpc) is 3.35. The highest BCUT2D eigenvalue weighted by Gasteiger charge is 2.31. The highest BCUT2D eigenvalue weighted by Crippen LogP contribution is 2.33. The van der Waals surface area contributed by atoms with Gasteiger partial charge < -0.3 is 5.32 Å². The highest BCUT2D eigenvalue weighted by molar-refractivity contribution is 7.91. The van der Waals surface area contributed by atoms with Gasteiger partial charge in [0.15, 0.2) is 15.7 Å². The normalized spacial score (nSPS) is 17.7. The summed E-state index contributed by atoms with van der Waals surface area (Å²) < 4.78 is 40.1. The lowest BCUT2D eigenvalue weighted by Gasteiger charge is -2.15.